The smallest absolute Gasteiger partial charge is 0.308 e. The summed E-state index contributed by atoms with van der Waals surface area (Å²) >= 11 is 0. The molecule has 0 heterocycles. The van der Waals surface area contributed by atoms with Crippen LogP contribution in [-0.4, -0.2) is 37.7 Å². The Morgan fingerprint density at radius 2 is 1.78 bits per heavy atom. The van der Waals surface area contributed by atoms with Crippen molar-refractivity contribution >= 4 is 11.9 Å². The summed E-state index contributed by atoms with van der Waals surface area (Å²) in [4.78, 5) is 23.8. The number of carboxylic acids is 1. The minimum Gasteiger partial charge on any atom is -0.496 e. The van der Waals surface area contributed by atoms with Gasteiger partial charge in [-0.2, -0.15) is 0 Å². The van der Waals surface area contributed by atoms with Crippen LogP contribution in [0.5, 0.6) is 11.5 Å². The van der Waals surface area contributed by atoms with Crippen molar-refractivity contribution in [2.24, 2.45) is 5.92 Å². The Hall–Kier alpha value is -3.02. The first-order valence-electron chi connectivity index (χ1n) is 8.69. The van der Waals surface area contributed by atoms with Crippen LogP contribution in [0.3, 0.4) is 0 Å². The molecule has 0 aliphatic rings. The van der Waals surface area contributed by atoms with Crippen molar-refractivity contribution in [1.29, 1.82) is 0 Å². The molecule has 2 rings (SSSR count). The average molecular weight is 371 g/mol. The fourth-order valence-electron chi connectivity index (χ4n) is 2.84. The van der Waals surface area contributed by atoms with Crippen molar-refractivity contribution in [3.63, 3.8) is 0 Å². The van der Waals surface area contributed by atoms with Crippen LogP contribution >= 0.6 is 0 Å². The second-order valence-corrected chi connectivity index (χ2v) is 6.34. The van der Waals surface area contributed by atoms with Gasteiger partial charge in [0, 0.05) is 6.54 Å². The number of benzene rings is 2. The third kappa shape index (κ3) is 5.74. The second kappa shape index (κ2) is 9.62. The molecule has 1 unspecified atom stereocenters. The molecule has 2 aromatic carbocycles. The van der Waals surface area contributed by atoms with Crippen LogP contribution in [0.4, 0.5) is 0 Å². The van der Waals surface area contributed by atoms with E-state index in [-0.39, 0.29) is 25.3 Å². The molecule has 0 saturated heterocycles. The second-order valence-electron chi connectivity index (χ2n) is 6.34. The van der Waals surface area contributed by atoms with Gasteiger partial charge in [0.15, 0.2) is 0 Å². The molecule has 0 spiro atoms. The predicted octanol–water partition coefficient (Wildman–Crippen LogP) is 2.61. The summed E-state index contributed by atoms with van der Waals surface area (Å²) in [5.41, 5.74) is 2.60. The molecule has 144 valence electrons. The number of ether oxygens (including phenoxy) is 2. The summed E-state index contributed by atoms with van der Waals surface area (Å²) < 4.78 is 10.5. The number of para-hydroxylation sites is 1. The minimum atomic E-state index is -0.960. The lowest BCUT2D eigenvalue weighted by atomic mass is 9.98. The average Bonchev–Trinajstić information content (AvgIpc) is 2.66. The normalized spacial score (nSPS) is 11.5. The van der Waals surface area contributed by atoms with Crippen LogP contribution in [0.2, 0.25) is 0 Å². The lowest BCUT2D eigenvalue weighted by molar-refractivity contribution is -0.141. The van der Waals surface area contributed by atoms with E-state index in [1.165, 1.54) is 0 Å². The van der Waals surface area contributed by atoms with E-state index < -0.39 is 11.9 Å². The van der Waals surface area contributed by atoms with Gasteiger partial charge in [-0.15, -0.1) is 0 Å². The van der Waals surface area contributed by atoms with Gasteiger partial charge in [0.05, 0.1) is 26.6 Å². The third-order valence-electron chi connectivity index (χ3n) is 4.39. The van der Waals surface area contributed by atoms with Crippen molar-refractivity contribution in [2.75, 3.05) is 20.8 Å². The molecule has 0 aromatic heterocycles. The highest BCUT2D eigenvalue weighted by Gasteiger charge is 2.20. The van der Waals surface area contributed by atoms with Gasteiger partial charge < -0.3 is 19.9 Å². The molecule has 0 aliphatic heterocycles. The Labute approximate surface area is 159 Å². The summed E-state index contributed by atoms with van der Waals surface area (Å²) in [6.07, 6.45) is 0.440. The van der Waals surface area contributed by atoms with Crippen LogP contribution in [0.1, 0.15) is 16.7 Å². The Morgan fingerprint density at radius 1 is 1.07 bits per heavy atom. The fraction of sp³-hybridized carbons (Fsp3) is 0.333. The third-order valence-corrected chi connectivity index (χ3v) is 4.39. The Kier molecular flexibility index (Phi) is 7.23. The Morgan fingerprint density at radius 3 is 2.44 bits per heavy atom. The molecular weight excluding hydrogens is 346 g/mol. The number of aryl methyl sites for hydroxylation is 1. The molecular formula is C21H25NO5. The number of hydrogen-bond acceptors (Lipinski definition) is 4. The molecule has 6 heteroatoms. The zero-order chi connectivity index (χ0) is 19.8. The van der Waals surface area contributed by atoms with Crippen molar-refractivity contribution in [2.45, 2.75) is 19.8 Å². The molecule has 0 bridgehead atoms. The molecule has 1 atom stereocenters. The Balaban J connectivity index is 1.97. The maximum Gasteiger partial charge on any atom is 0.308 e. The first-order chi connectivity index (χ1) is 12.9. The first-order valence-corrected chi connectivity index (χ1v) is 8.69. The molecule has 2 aromatic rings. The molecule has 6 nitrogen and oxygen atoms in total. The van der Waals surface area contributed by atoms with Gasteiger partial charge in [-0.3, -0.25) is 9.59 Å². The van der Waals surface area contributed by atoms with E-state index in [0.29, 0.717) is 5.75 Å². The number of aliphatic carboxylic acids is 1. The lowest BCUT2D eigenvalue weighted by Crippen LogP contribution is -2.35. The maximum atomic E-state index is 12.2. The SMILES string of the molecule is COc1cc(CC(=O)NCC(Cc2ccccc2OC)C(=O)O)ccc1C. The minimum absolute atomic E-state index is 0.0508. The predicted molar refractivity (Wildman–Crippen MR) is 102 cm³/mol. The molecule has 0 aliphatic carbocycles. The highest BCUT2D eigenvalue weighted by molar-refractivity contribution is 5.79. The van der Waals surface area contributed by atoms with Gasteiger partial charge >= 0.3 is 5.97 Å². The topological polar surface area (TPSA) is 84.9 Å². The van der Waals surface area contributed by atoms with E-state index in [9.17, 15) is 14.7 Å². The van der Waals surface area contributed by atoms with Crippen molar-refractivity contribution in [1.82, 2.24) is 5.32 Å². The van der Waals surface area contributed by atoms with E-state index >= 15 is 0 Å². The maximum absolute atomic E-state index is 12.2. The van der Waals surface area contributed by atoms with Gasteiger partial charge in [0.1, 0.15) is 11.5 Å². The number of carboxylic acid groups (broad SMARTS) is 1. The summed E-state index contributed by atoms with van der Waals surface area (Å²) in [6.45, 7) is 1.98. The number of hydrogen-bond donors (Lipinski definition) is 2. The number of amides is 1. The lowest BCUT2D eigenvalue weighted by Gasteiger charge is -2.15. The van der Waals surface area contributed by atoms with Crippen molar-refractivity contribution < 1.29 is 24.2 Å². The van der Waals surface area contributed by atoms with E-state index in [4.69, 9.17) is 9.47 Å². The van der Waals surface area contributed by atoms with Crippen LogP contribution in [0.25, 0.3) is 0 Å². The van der Waals surface area contributed by atoms with Gasteiger partial charge in [-0.1, -0.05) is 30.3 Å². The van der Waals surface area contributed by atoms with E-state index in [1.807, 2.05) is 43.3 Å². The summed E-state index contributed by atoms with van der Waals surface area (Å²) in [7, 11) is 3.13. The van der Waals surface area contributed by atoms with Crippen molar-refractivity contribution in [3.05, 3.63) is 59.2 Å². The number of carbonyl (C=O) groups is 2. The zero-order valence-corrected chi connectivity index (χ0v) is 15.8. The van der Waals surface area contributed by atoms with Crippen LogP contribution in [-0.2, 0) is 22.4 Å². The van der Waals surface area contributed by atoms with Crippen LogP contribution < -0.4 is 14.8 Å². The first kappa shape index (κ1) is 20.3. The number of carbonyl (C=O) groups excluding carboxylic acids is 1. The largest absolute Gasteiger partial charge is 0.496 e. The number of nitrogens with one attached hydrogen (secondary N) is 1. The van der Waals surface area contributed by atoms with Crippen LogP contribution in [0, 0.1) is 12.8 Å². The summed E-state index contributed by atoms with van der Waals surface area (Å²) in [5, 5.41) is 12.2. The van der Waals surface area contributed by atoms with Gasteiger partial charge in [-0.25, -0.2) is 0 Å². The molecule has 0 radical (unpaired) electrons. The summed E-state index contributed by atoms with van der Waals surface area (Å²) in [6, 6.07) is 12.9. The van der Waals surface area contributed by atoms with Gasteiger partial charge in [-0.05, 0) is 42.2 Å². The Bertz CT molecular complexity index is 803. The molecule has 0 fully saturated rings. The quantitative estimate of drug-likeness (QED) is 0.708. The van der Waals surface area contributed by atoms with Crippen LogP contribution in [0.15, 0.2) is 42.5 Å². The molecule has 0 saturated carbocycles. The number of methoxy groups -OCH3 is 2. The van der Waals surface area contributed by atoms with Gasteiger partial charge in [0.2, 0.25) is 5.91 Å². The zero-order valence-electron chi connectivity index (χ0n) is 15.8. The molecule has 27 heavy (non-hydrogen) atoms. The standard InChI is InChI=1S/C21H25NO5/c1-14-8-9-15(10-19(14)27-3)11-20(23)22-13-17(21(24)25)12-16-6-4-5-7-18(16)26-2/h4-10,17H,11-13H2,1-3H3,(H,22,23)(H,24,25). The highest BCUT2D eigenvalue weighted by atomic mass is 16.5. The molecule has 1 amide bonds. The van der Waals surface area contributed by atoms with Crippen molar-refractivity contribution in [3.8, 4) is 11.5 Å². The van der Waals surface area contributed by atoms with E-state index in [0.717, 1.165) is 22.4 Å². The van der Waals surface area contributed by atoms with E-state index in [2.05, 4.69) is 5.32 Å². The highest BCUT2D eigenvalue weighted by Crippen LogP contribution is 2.21. The summed E-state index contributed by atoms with van der Waals surface area (Å²) in [5.74, 6) is -0.565. The fourth-order valence-corrected chi connectivity index (χ4v) is 2.84. The van der Waals surface area contributed by atoms with E-state index in [1.54, 1.807) is 20.3 Å². The number of rotatable bonds is 9. The monoisotopic (exact) mass is 371 g/mol. The van der Waals surface area contributed by atoms with Gasteiger partial charge in [0.25, 0.3) is 0 Å². The molecule has 2 N–H and O–H groups in total.